The zero-order valence-corrected chi connectivity index (χ0v) is 11.8. The molecule has 1 aliphatic carbocycles. The molecular formula is C16H24N2O. The van der Waals surface area contributed by atoms with Gasteiger partial charge in [0.1, 0.15) is 5.75 Å². The highest BCUT2D eigenvalue weighted by Gasteiger charge is 2.24. The van der Waals surface area contributed by atoms with Crippen LogP contribution in [0.4, 0.5) is 0 Å². The summed E-state index contributed by atoms with van der Waals surface area (Å²) in [4.78, 5) is 2.68. The molecule has 1 aliphatic heterocycles. The van der Waals surface area contributed by atoms with E-state index < -0.39 is 0 Å². The molecule has 1 saturated heterocycles. The molecule has 3 nitrogen and oxygen atoms in total. The third-order valence-electron chi connectivity index (χ3n) is 4.51. The van der Waals surface area contributed by atoms with E-state index in [4.69, 9.17) is 4.74 Å². The van der Waals surface area contributed by atoms with Gasteiger partial charge in [-0.2, -0.15) is 0 Å². The van der Waals surface area contributed by atoms with E-state index in [1.54, 1.807) is 7.11 Å². The molecule has 19 heavy (non-hydrogen) atoms. The molecule has 2 aliphatic rings. The van der Waals surface area contributed by atoms with Gasteiger partial charge < -0.3 is 10.1 Å². The van der Waals surface area contributed by atoms with Crippen molar-refractivity contribution in [3.63, 3.8) is 0 Å². The summed E-state index contributed by atoms with van der Waals surface area (Å²) in [7, 11) is 1.75. The monoisotopic (exact) mass is 260 g/mol. The third kappa shape index (κ3) is 2.93. The predicted octanol–water partition coefficient (Wildman–Crippen LogP) is 1.85. The summed E-state index contributed by atoms with van der Waals surface area (Å²) in [6.07, 6.45) is 4.99. The lowest BCUT2D eigenvalue weighted by molar-refractivity contribution is 0.191. The zero-order chi connectivity index (χ0) is 13.1. The topological polar surface area (TPSA) is 24.5 Å². The van der Waals surface area contributed by atoms with Crippen molar-refractivity contribution in [2.75, 3.05) is 33.3 Å². The number of fused-ring (bicyclic) bond motifs is 1. The van der Waals surface area contributed by atoms with Crippen molar-refractivity contribution in [2.45, 2.75) is 31.7 Å². The second kappa shape index (κ2) is 5.93. The molecule has 104 valence electrons. The Kier molecular flexibility index (Phi) is 4.04. The van der Waals surface area contributed by atoms with Crippen LogP contribution in [-0.2, 0) is 12.8 Å². The van der Waals surface area contributed by atoms with Gasteiger partial charge in [-0.3, -0.25) is 4.90 Å². The number of ether oxygens (including phenoxy) is 1. The molecule has 0 radical (unpaired) electrons. The van der Waals surface area contributed by atoms with Crippen LogP contribution in [0.1, 0.15) is 24.0 Å². The van der Waals surface area contributed by atoms with Crippen molar-refractivity contribution in [1.29, 1.82) is 0 Å². The molecule has 0 bridgehead atoms. The molecule has 3 rings (SSSR count). The SMILES string of the molecule is COc1ccc2c(c1)CC(N1CCCNCC1)CC2. The van der Waals surface area contributed by atoms with Crippen LogP contribution < -0.4 is 10.1 Å². The molecule has 3 heteroatoms. The van der Waals surface area contributed by atoms with Gasteiger partial charge in [0.15, 0.2) is 0 Å². The lowest BCUT2D eigenvalue weighted by atomic mass is 9.87. The van der Waals surface area contributed by atoms with Crippen LogP contribution in [0.3, 0.4) is 0 Å². The van der Waals surface area contributed by atoms with Crippen molar-refractivity contribution >= 4 is 0 Å². The van der Waals surface area contributed by atoms with Crippen molar-refractivity contribution in [2.24, 2.45) is 0 Å². The molecule has 0 spiro atoms. The number of hydrogen-bond acceptors (Lipinski definition) is 3. The van der Waals surface area contributed by atoms with E-state index in [0.717, 1.165) is 18.3 Å². The lowest BCUT2D eigenvalue weighted by Gasteiger charge is -2.34. The third-order valence-corrected chi connectivity index (χ3v) is 4.51. The first-order valence-electron chi connectivity index (χ1n) is 7.47. The first-order chi connectivity index (χ1) is 9.36. The Labute approximate surface area is 115 Å². The number of hydrogen-bond donors (Lipinski definition) is 1. The fourth-order valence-corrected chi connectivity index (χ4v) is 3.38. The maximum Gasteiger partial charge on any atom is 0.119 e. The van der Waals surface area contributed by atoms with E-state index in [-0.39, 0.29) is 0 Å². The van der Waals surface area contributed by atoms with Crippen molar-refractivity contribution in [1.82, 2.24) is 10.2 Å². The summed E-state index contributed by atoms with van der Waals surface area (Å²) >= 11 is 0. The number of nitrogens with zero attached hydrogens (tertiary/aromatic N) is 1. The summed E-state index contributed by atoms with van der Waals surface area (Å²) in [5, 5.41) is 3.49. The molecular weight excluding hydrogens is 236 g/mol. The molecule has 1 N–H and O–H groups in total. The van der Waals surface area contributed by atoms with Gasteiger partial charge in [0.05, 0.1) is 7.11 Å². The molecule has 1 aromatic carbocycles. The van der Waals surface area contributed by atoms with Gasteiger partial charge >= 0.3 is 0 Å². The molecule has 0 amide bonds. The van der Waals surface area contributed by atoms with E-state index in [2.05, 4.69) is 28.4 Å². The number of rotatable bonds is 2. The highest BCUT2D eigenvalue weighted by molar-refractivity contribution is 5.37. The number of benzene rings is 1. The van der Waals surface area contributed by atoms with Crippen molar-refractivity contribution in [3.8, 4) is 5.75 Å². The van der Waals surface area contributed by atoms with Crippen LogP contribution in [0.25, 0.3) is 0 Å². The Morgan fingerprint density at radius 1 is 1.21 bits per heavy atom. The minimum Gasteiger partial charge on any atom is -0.497 e. The van der Waals surface area contributed by atoms with E-state index in [0.29, 0.717) is 0 Å². The average molecular weight is 260 g/mol. The molecule has 1 heterocycles. The summed E-state index contributed by atoms with van der Waals surface area (Å²) in [5.74, 6) is 0.997. The minimum absolute atomic E-state index is 0.722. The molecule has 1 aromatic rings. The Hall–Kier alpha value is -1.06. The lowest BCUT2D eigenvalue weighted by Crippen LogP contribution is -2.41. The van der Waals surface area contributed by atoms with Crippen LogP contribution >= 0.6 is 0 Å². The Morgan fingerprint density at radius 3 is 3.05 bits per heavy atom. The van der Waals surface area contributed by atoms with Gasteiger partial charge in [0.25, 0.3) is 0 Å². The molecule has 0 aromatic heterocycles. The van der Waals surface area contributed by atoms with Gasteiger partial charge in [-0.15, -0.1) is 0 Å². The second-order valence-corrected chi connectivity index (χ2v) is 5.67. The number of nitrogens with one attached hydrogen (secondary N) is 1. The van der Waals surface area contributed by atoms with Crippen LogP contribution in [-0.4, -0.2) is 44.2 Å². The molecule has 0 saturated carbocycles. The summed E-state index contributed by atoms with van der Waals surface area (Å²) in [6, 6.07) is 7.29. The quantitative estimate of drug-likeness (QED) is 0.878. The molecule has 1 fully saturated rings. The number of methoxy groups -OCH3 is 1. The second-order valence-electron chi connectivity index (χ2n) is 5.67. The van der Waals surface area contributed by atoms with E-state index in [1.165, 1.54) is 56.4 Å². The largest absolute Gasteiger partial charge is 0.497 e. The fraction of sp³-hybridized carbons (Fsp3) is 0.625. The zero-order valence-electron chi connectivity index (χ0n) is 11.8. The molecule has 1 unspecified atom stereocenters. The van der Waals surface area contributed by atoms with E-state index in [9.17, 15) is 0 Å². The Morgan fingerprint density at radius 2 is 2.16 bits per heavy atom. The van der Waals surface area contributed by atoms with E-state index >= 15 is 0 Å². The van der Waals surface area contributed by atoms with Crippen molar-refractivity contribution < 1.29 is 4.74 Å². The van der Waals surface area contributed by atoms with Crippen LogP contribution in [0.2, 0.25) is 0 Å². The average Bonchev–Trinajstić information content (AvgIpc) is 2.75. The van der Waals surface area contributed by atoms with Crippen LogP contribution in [0.5, 0.6) is 5.75 Å². The van der Waals surface area contributed by atoms with Gasteiger partial charge in [0, 0.05) is 19.1 Å². The van der Waals surface area contributed by atoms with Gasteiger partial charge in [-0.25, -0.2) is 0 Å². The van der Waals surface area contributed by atoms with E-state index in [1.807, 2.05) is 0 Å². The van der Waals surface area contributed by atoms with Crippen LogP contribution in [0.15, 0.2) is 18.2 Å². The number of aryl methyl sites for hydroxylation is 1. The first kappa shape index (κ1) is 12.9. The van der Waals surface area contributed by atoms with Crippen molar-refractivity contribution in [3.05, 3.63) is 29.3 Å². The van der Waals surface area contributed by atoms with Crippen LogP contribution in [0, 0.1) is 0 Å². The van der Waals surface area contributed by atoms with Gasteiger partial charge in [-0.1, -0.05) is 6.07 Å². The standard InChI is InChI=1S/C16H24N2O/c1-19-16-6-4-13-3-5-15(11-14(13)12-16)18-9-2-7-17-8-10-18/h4,6,12,15,17H,2-3,5,7-11H2,1H3. The summed E-state index contributed by atoms with van der Waals surface area (Å²) in [6.45, 7) is 4.76. The predicted molar refractivity (Wildman–Crippen MR) is 77.9 cm³/mol. The Balaban J connectivity index is 1.73. The maximum absolute atomic E-state index is 5.36. The minimum atomic E-state index is 0.722. The maximum atomic E-state index is 5.36. The fourth-order valence-electron chi connectivity index (χ4n) is 3.38. The highest BCUT2D eigenvalue weighted by atomic mass is 16.5. The first-order valence-corrected chi connectivity index (χ1v) is 7.47. The highest BCUT2D eigenvalue weighted by Crippen LogP contribution is 2.28. The summed E-state index contributed by atoms with van der Waals surface area (Å²) < 4.78 is 5.36. The smallest absolute Gasteiger partial charge is 0.119 e. The normalized spacial score (nSPS) is 24.6. The van der Waals surface area contributed by atoms with Gasteiger partial charge in [-0.05, 0) is 62.0 Å². The Bertz CT molecular complexity index is 425. The molecule has 1 atom stereocenters. The summed E-state index contributed by atoms with van der Waals surface area (Å²) in [5.41, 5.74) is 3.01. The van der Waals surface area contributed by atoms with Gasteiger partial charge in [0.2, 0.25) is 0 Å².